The van der Waals surface area contributed by atoms with Crippen LogP contribution in [0.3, 0.4) is 0 Å². The number of likely N-dealkylation sites (tertiary alicyclic amines) is 1. The number of hydrogen-bond donors (Lipinski definition) is 0. The zero-order valence-corrected chi connectivity index (χ0v) is 12.7. The second-order valence-corrected chi connectivity index (χ2v) is 6.07. The third kappa shape index (κ3) is 2.97. The van der Waals surface area contributed by atoms with Gasteiger partial charge in [-0.25, -0.2) is 4.39 Å². The van der Waals surface area contributed by atoms with Gasteiger partial charge in [-0.15, -0.1) is 0 Å². The van der Waals surface area contributed by atoms with Gasteiger partial charge in [-0.2, -0.15) is 4.37 Å². The summed E-state index contributed by atoms with van der Waals surface area (Å²) < 4.78 is 17.5. The molecule has 0 aliphatic carbocycles. The smallest absolute Gasteiger partial charge is 0.256 e. The van der Waals surface area contributed by atoms with Crippen LogP contribution in [0, 0.1) is 12.7 Å². The number of aryl methyl sites for hydroxylation is 1. The maximum atomic E-state index is 13.3. The molecule has 5 heteroatoms. The molecule has 1 aromatic carbocycles. The summed E-state index contributed by atoms with van der Waals surface area (Å²) in [4.78, 5) is 14.5. The van der Waals surface area contributed by atoms with Crippen molar-refractivity contribution in [2.45, 2.75) is 32.2 Å². The number of nitrogens with zero attached hydrogens (tertiary/aromatic N) is 2. The fraction of sp³-hybridized carbons (Fsp3) is 0.375. The van der Waals surface area contributed by atoms with Crippen LogP contribution in [0.2, 0.25) is 0 Å². The van der Waals surface area contributed by atoms with E-state index in [4.69, 9.17) is 0 Å². The van der Waals surface area contributed by atoms with E-state index in [-0.39, 0.29) is 17.8 Å². The van der Waals surface area contributed by atoms with Gasteiger partial charge in [-0.1, -0.05) is 12.1 Å². The first-order valence-electron chi connectivity index (χ1n) is 7.11. The lowest BCUT2D eigenvalue weighted by molar-refractivity contribution is 0.0736. The molecule has 0 N–H and O–H groups in total. The molecule has 0 saturated carbocycles. The molecule has 21 heavy (non-hydrogen) atoms. The standard InChI is InChI=1S/C16H17FN2OS/c1-11-15(10-21-18-11)16(20)19-7-3-6-14(19)9-12-4-2-5-13(17)8-12/h2,4-5,8,10,14H,3,6-7,9H2,1H3/t14-/m1/s1. The average molecular weight is 304 g/mol. The molecule has 0 bridgehead atoms. The average Bonchev–Trinajstić information content (AvgIpc) is 3.07. The van der Waals surface area contributed by atoms with Crippen LogP contribution in [0.15, 0.2) is 29.6 Å². The van der Waals surface area contributed by atoms with Crippen molar-refractivity contribution in [2.24, 2.45) is 0 Å². The third-order valence-electron chi connectivity index (χ3n) is 3.98. The van der Waals surface area contributed by atoms with Crippen LogP contribution in [0.1, 0.15) is 34.5 Å². The largest absolute Gasteiger partial charge is 0.335 e. The summed E-state index contributed by atoms with van der Waals surface area (Å²) in [6, 6.07) is 6.79. The highest BCUT2D eigenvalue weighted by atomic mass is 32.1. The van der Waals surface area contributed by atoms with Gasteiger partial charge in [-0.05, 0) is 55.4 Å². The van der Waals surface area contributed by atoms with Crippen molar-refractivity contribution < 1.29 is 9.18 Å². The maximum absolute atomic E-state index is 13.3. The Balaban J connectivity index is 1.77. The predicted octanol–water partition coefficient (Wildman–Crippen LogP) is 3.44. The number of carbonyl (C=O) groups excluding carboxylic acids is 1. The maximum Gasteiger partial charge on any atom is 0.256 e. The highest BCUT2D eigenvalue weighted by Crippen LogP contribution is 2.25. The minimum Gasteiger partial charge on any atom is -0.335 e. The molecule has 1 aliphatic rings. The molecule has 1 aromatic heterocycles. The Kier molecular flexibility index (Phi) is 4.01. The number of benzene rings is 1. The van der Waals surface area contributed by atoms with Crippen LogP contribution in [0.4, 0.5) is 4.39 Å². The number of carbonyl (C=O) groups is 1. The molecular weight excluding hydrogens is 287 g/mol. The molecule has 2 aromatic rings. The predicted molar refractivity (Wildman–Crippen MR) is 81.0 cm³/mol. The number of halogens is 1. The van der Waals surface area contributed by atoms with Crippen molar-refractivity contribution in [1.29, 1.82) is 0 Å². The number of hydrogen-bond acceptors (Lipinski definition) is 3. The van der Waals surface area contributed by atoms with E-state index in [1.165, 1.54) is 17.6 Å². The van der Waals surface area contributed by atoms with Crippen molar-refractivity contribution in [2.75, 3.05) is 6.54 Å². The van der Waals surface area contributed by atoms with Gasteiger partial charge in [0, 0.05) is 18.0 Å². The quantitative estimate of drug-likeness (QED) is 0.870. The van der Waals surface area contributed by atoms with Gasteiger partial charge in [0.15, 0.2) is 0 Å². The number of amides is 1. The SMILES string of the molecule is Cc1nscc1C(=O)N1CCC[C@@H]1Cc1cccc(F)c1. The summed E-state index contributed by atoms with van der Waals surface area (Å²) in [6.45, 7) is 2.63. The highest BCUT2D eigenvalue weighted by Gasteiger charge is 2.30. The summed E-state index contributed by atoms with van der Waals surface area (Å²) >= 11 is 1.31. The zero-order chi connectivity index (χ0) is 14.8. The van der Waals surface area contributed by atoms with E-state index in [2.05, 4.69) is 4.37 Å². The van der Waals surface area contributed by atoms with E-state index < -0.39 is 0 Å². The van der Waals surface area contributed by atoms with E-state index in [0.717, 1.165) is 30.6 Å². The Bertz CT molecular complexity index is 655. The number of rotatable bonds is 3. The molecule has 1 aliphatic heterocycles. The lowest BCUT2D eigenvalue weighted by Gasteiger charge is -2.24. The first-order valence-corrected chi connectivity index (χ1v) is 7.95. The summed E-state index contributed by atoms with van der Waals surface area (Å²) in [5.41, 5.74) is 2.44. The van der Waals surface area contributed by atoms with Gasteiger partial charge < -0.3 is 4.90 Å². The number of aromatic nitrogens is 1. The molecule has 3 rings (SSSR count). The van der Waals surface area contributed by atoms with Gasteiger partial charge >= 0.3 is 0 Å². The topological polar surface area (TPSA) is 33.2 Å². The molecule has 1 amide bonds. The Morgan fingerprint density at radius 2 is 2.38 bits per heavy atom. The molecule has 2 heterocycles. The normalized spacial score (nSPS) is 18.2. The van der Waals surface area contributed by atoms with Gasteiger partial charge in [0.2, 0.25) is 0 Å². The second kappa shape index (κ2) is 5.93. The zero-order valence-electron chi connectivity index (χ0n) is 11.9. The van der Waals surface area contributed by atoms with Crippen LogP contribution >= 0.6 is 11.5 Å². The van der Waals surface area contributed by atoms with Crippen LogP contribution in [0.25, 0.3) is 0 Å². The molecule has 1 saturated heterocycles. The molecule has 0 radical (unpaired) electrons. The van der Waals surface area contributed by atoms with Gasteiger partial charge in [0.05, 0.1) is 11.3 Å². The second-order valence-electron chi connectivity index (χ2n) is 5.44. The lowest BCUT2D eigenvalue weighted by Crippen LogP contribution is -2.37. The molecule has 1 atom stereocenters. The van der Waals surface area contributed by atoms with Crippen LogP contribution in [-0.2, 0) is 6.42 Å². The van der Waals surface area contributed by atoms with Crippen molar-refractivity contribution >= 4 is 17.4 Å². The summed E-state index contributed by atoms with van der Waals surface area (Å²) in [6.07, 6.45) is 2.68. The molecule has 1 fully saturated rings. The fourth-order valence-corrected chi connectivity index (χ4v) is 3.59. The van der Waals surface area contributed by atoms with Gasteiger partial charge in [-0.3, -0.25) is 4.79 Å². The fourth-order valence-electron chi connectivity index (χ4n) is 2.90. The van der Waals surface area contributed by atoms with E-state index in [1.54, 1.807) is 12.1 Å². The highest BCUT2D eigenvalue weighted by molar-refractivity contribution is 7.03. The Hall–Kier alpha value is -1.75. The van der Waals surface area contributed by atoms with Gasteiger partial charge in [0.1, 0.15) is 5.82 Å². The Morgan fingerprint density at radius 1 is 1.52 bits per heavy atom. The summed E-state index contributed by atoms with van der Waals surface area (Å²) in [7, 11) is 0. The summed E-state index contributed by atoms with van der Waals surface area (Å²) in [5, 5.41) is 1.81. The van der Waals surface area contributed by atoms with E-state index in [9.17, 15) is 9.18 Å². The third-order valence-corrected chi connectivity index (χ3v) is 4.70. The van der Waals surface area contributed by atoms with E-state index in [1.807, 2.05) is 23.3 Å². The van der Waals surface area contributed by atoms with Crippen LogP contribution < -0.4 is 0 Å². The van der Waals surface area contributed by atoms with Crippen molar-refractivity contribution in [1.82, 2.24) is 9.27 Å². The van der Waals surface area contributed by atoms with Gasteiger partial charge in [0.25, 0.3) is 5.91 Å². The molecule has 0 spiro atoms. The lowest BCUT2D eigenvalue weighted by atomic mass is 10.0. The molecule has 3 nitrogen and oxygen atoms in total. The minimum atomic E-state index is -0.221. The van der Waals surface area contributed by atoms with Crippen LogP contribution in [0.5, 0.6) is 0 Å². The van der Waals surface area contributed by atoms with Crippen LogP contribution in [-0.4, -0.2) is 27.8 Å². The molecule has 110 valence electrons. The van der Waals surface area contributed by atoms with E-state index in [0.29, 0.717) is 12.0 Å². The molecule has 0 unspecified atom stereocenters. The first-order chi connectivity index (χ1) is 10.1. The van der Waals surface area contributed by atoms with E-state index >= 15 is 0 Å². The monoisotopic (exact) mass is 304 g/mol. The molecular formula is C16H17FN2OS. The van der Waals surface area contributed by atoms with Crippen molar-refractivity contribution in [3.05, 3.63) is 52.3 Å². The summed E-state index contributed by atoms with van der Waals surface area (Å²) in [5.74, 6) is -0.165. The minimum absolute atomic E-state index is 0.0557. The first kappa shape index (κ1) is 14.2. The van der Waals surface area contributed by atoms with Crippen molar-refractivity contribution in [3.63, 3.8) is 0 Å². The Labute approximate surface area is 127 Å². The van der Waals surface area contributed by atoms with Crippen molar-refractivity contribution in [3.8, 4) is 0 Å². The Morgan fingerprint density at radius 3 is 3.10 bits per heavy atom.